The zero-order valence-corrected chi connectivity index (χ0v) is 14.4. The molecule has 0 bridgehead atoms. The molecule has 2 aromatic carbocycles. The third-order valence-electron chi connectivity index (χ3n) is 3.42. The second kappa shape index (κ2) is 7.79. The number of hydrogen-bond acceptors (Lipinski definition) is 8. The summed E-state index contributed by atoms with van der Waals surface area (Å²) in [6.07, 6.45) is 0.0968. The molecule has 0 atom stereocenters. The van der Waals surface area contributed by atoms with Crippen LogP contribution in [0.5, 0.6) is 5.75 Å². The Morgan fingerprint density at radius 1 is 1.23 bits per heavy atom. The molecule has 9 heteroatoms. The van der Waals surface area contributed by atoms with Crippen molar-refractivity contribution in [3.8, 4) is 17.2 Å². The predicted molar refractivity (Wildman–Crippen MR) is 94.0 cm³/mol. The smallest absolute Gasteiger partial charge is 0.284 e. The van der Waals surface area contributed by atoms with Crippen LogP contribution in [0.2, 0.25) is 0 Å². The zero-order valence-electron chi connectivity index (χ0n) is 13.6. The van der Waals surface area contributed by atoms with Crippen molar-refractivity contribution in [2.75, 3.05) is 7.11 Å². The summed E-state index contributed by atoms with van der Waals surface area (Å²) in [7, 11) is 1.56. The summed E-state index contributed by atoms with van der Waals surface area (Å²) in [4.78, 5) is 22.3. The lowest BCUT2D eigenvalue weighted by Crippen LogP contribution is -1.98. The van der Waals surface area contributed by atoms with Crippen molar-refractivity contribution < 1.29 is 18.9 Å². The van der Waals surface area contributed by atoms with Crippen molar-refractivity contribution in [3.05, 3.63) is 64.2 Å². The van der Waals surface area contributed by atoms with Crippen LogP contribution in [0, 0.1) is 10.1 Å². The minimum Gasteiger partial charge on any atom is -0.497 e. The Balaban J connectivity index is 1.64. The highest BCUT2D eigenvalue weighted by Crippen LogP contribution is 2.27. The van der Waals surface area contributed by atoms with E-state index in [1.807, 2.05) is 0 Å². The van der Waals surface area contributed by atoms with Crippen LogP contribution in [0.1, 0.15) is 5.56 Å². The lowest BCUT2D eigenvalue weighted by molar-refractivity contribution is -0.384. The van der Waals surface area contributed by atoms with Gasteiger partial charge in [0.25, 0.3) is 10.9 Å². The zero-order chi connectivity index (χ0) is 18.5. The van der Waals surface area contributed by atoms with E-state index in [1.54, 1.807) is 43.5 Å². The van der Waals surface area contributed by atoms with Gasteiger partial charge in [-0.15, -0.1) is 10.2 Å². The van der Waals surface area contributed by atoms with Gasteiger partial charge in [-0.05, 0) is 23.8 Å². The van der Waals surface area contributed by atoms with Gasteiger partial charge in [0.15, 0.2) is 0 Å². The number of ether oxygens (including phenoxy) is 1. The average Bonchev–Trinajstić information content (AvgIpc) is 3.10. The number of thioether (sulfide) groups is 1. The molecule has 0 aliphatic carbocycles. The highest BCUT2D eigenvalue weighted by atomic mass is 32.2. The Labute approximate surface area is 152 Å². The molecule has 0 N–H and O–H groups in total. The summed E-state index contributed by atoms with van der Waals surface area (Å²) in [6.45, 7) is 0. The molecule has 1 heterocycles. The Morgan fingerprint density at radius 2 is 2.00 bits per heavy atom. The molecule has 3 aromatic rings. The summed E-state index contributed by atoms with van der Waals surface area (Å²) in [5.41, 5.74) is 1.33. The molecule has 26 heavy (non-hydrogen) atoms. The molecule has 0 aliphatic rings. The van der Waals surface area contributed by atoms with E-state index in [9.17, 15) is 14.9 Å². The number of carbonyl (C=O) groups excluding carboxylic acids is 1. The highest BCUT2D eigenvalue weighted by molar-refractivity contribution is 8.13. The molecule has 0 unspecified atom stereocenters. The largest absolute Gasteiger partial charge is 0.497 e. The third-order valence-corrected chi connectivity index (χ3v) is 4.13. The summed E-state index contributed by atoms with van der Waals surface area (Å²) in [5, 5.41) is 18.4. The standard InChI is InChI=1S/C17H13N3O5S/c1-24-14-4-2-3-12(10-14)16-18-19-17(25-16)26-15(21)9-11-5-7-13(8-6-11)20(22)23/h2-8,10H,9H2,1H3. The van der Waals surface area contributed by atoms with Gasteiger partial charge in [0.1, 0.15) is 5.75 Å². The van der Waals surface area contributed by atoms with Crippen LogP contribution in [-0.2, 0) is 11.2 Å². The monoisotopic (exact) mass is 371 g/mol. The maximum atomic E-state index is 12.1. The van der Waals surface area contributed by atoms with E-state index in [1.165, 1.54) is 12.1 Å². The van der Waals surface area contributed by atoms with E-state index in [4.69, 9.17) is 9.15 Å². The van der Waals surface area contributed by atoms with E-state index in [-0.39, 0.29) is 28.3 Å². The summed E-state index contributed by atoms with van der Waals surface area (Å²) in [6, 6.07) is 13.0. The molecule has 0 amide bonds. The van der Waals surface area contributed by atoms with E-state index in [2.05, 4.69) is 10.2 Å². The molecule has 0 aliphatic heterocycles. The van der Waals surface area contributed by atoms with E-state index in [0.29, 0.717) is 16.9 Å². The van der Waals surface area contributed by atoms with Crippen LogP contribution >= 0.6 is 11.8 Å². The molecule has 0 radical (unpaired) electrons. The lowest BCUT2D eigenvalue weighted by atomic mass is 10.1. The van der Waals surface area contributed by atoms with Crippen LogP contribution in [-0.4, -0.2) is 27.3 Å². The van der Waals surface area contributed by atoms with Gasteiger partial charge in [0.05, 0.1) is 12.0 Å². The number of aromatic nitrogens is 2. The van der Waals surface area contributed by atoms with Crippen molar-refractivity contribution in [2.45, 2.75) is 11.6 Å². The summed E-state index contributed by atoms with van der Waals surface area (Å²) >= 11 is 0.830. The first-order valence-electron chi connectivity index (χ1n) is 7.47. The maximum Gasteiger partial charge on any atom is 0.284 e. The number of nitro benzene ring substituents is 1. The first kappa shape index (κ1) is 17.6. The maximum absolute atomic E-state index is 12.1. The summed E-state index contributed by atoms with van der Waals surface area (Å²) < 4.78 is 10.6. The van der Waals surface area contributed by atoms with Gasteiger partial charge >= 0.3 is 0 Å². The molecule has 1 aromatic heterocycles. The fourth-order valence-corrected chi connectivity index (χ4v) is 2.80. The van der Waals surface area contributed by atoms with Gasteiger partial charge in [-0.1, -0.05) is 18.2 Å². The van der Waals surface area contributed by atoms with Gasteiger partial charge in [-0.25, -0.2) is 0 Å². The minimum absolute atomic E-state index is 0.0197. The number of rotatable bonds is 6. The Morgan fingerprint density at radius 3 is 2.69 bits per heavy atom. The molecule has 8 nitrogen and oxygen atoms in total. The first-order valence-corrected chi connectivity index (χ1v) is 8.29. The van der Waals surface area contributed by atoms with Gasteiger partial charge in [0.2, 0.25) is 11.0 Å². The first-order chi connectivity index (χ1) is 12.5. The number of benzene rings is 2. The van der Waals surface area contributed by atoms with Crippen LogP contribution < -0.4 is 4.74 Å². The Kier molecular flexibility index (Phi) is 5.28. The lowest BCUT2D eigenvalue weighted by Gasteiger charge is -2.00. The topological polar surface area (TPSA) is 108 Å². The van der Waals surface area contributed by atoms with Gasteiger partial charge in [0, 0.05) is 35.9 Å². The van der Waals surface area contributed by atoms with Crippen LogP contribution in [0.15, 0.2) is 58.2 Å². The molecule has 0 spiro atoms. The van der Waals surface area contributed by atoms with Crippen LogP contribution in [0.3, 0.4) is 0 Å². The molecule has 0 fully saturated rings. The number of nitrogens with zero attached hydrogens (tertiary/aromatic N) is 3. The highest BCUT2D eigenvalue weighted by Gasteiger charge is 2.15. The molecule has 0 saturated heterocycles. The van der Waals surface area contributed by atoms with Crippen molar-refractivity contribution in [3.63, 3.8) is 0 Å². The van der Waals surface area contributed by atoms with Crippen molar-refractivity contribution in [1.82, 2.24) is 10.2 Å². The van der Waals surface area contributed by atoms with Crippen molar-refractivity contribution in [2.24, 2.45) is 0 Å². The van der Waals surface area contributed by atoms with Gasteiger partial charge in [-0.3, -0.25) is 14.9 Å². The van der Waals surface area contributed by atoms with Gasteiger partial charge in [-0.2, -0.15) is 0 Å². The molecule has 3 rings (SSSR count). The average molecular weight is 371 g/mol. The van der Waals surface area contributed by atoms with E-state index >= 15 is 0 Å². The number of non-ortho nitro benzene ring substituents is 1. The van der Waals surface area contributed by atoms with Gasteiger partial charge < -0.3 is 9.15 Å². The number of carbonyl (C=O) groups is 1. The fourth-order valence-electron chi connectivity index (χ4n) is 2.16. The van der Waals surface area contributed by atoms with Crippen molar-refractivity contribution in [1.29, 1.82) is 0 Å². The summed E-state index contributed by atoms with van der Waals surface area (Å²) in [5.74, 6) is 0.943. The molecular weight excluding hydrogens is 358 g/mol. The number of methoxy groups -OCH3 is 1. The van der Waals surface area contributed by atoms with E-state index in [0.717, 1.165) is 11.8 Å². The predicted octanol–water partition coefficient (Wildman–Crippen LogP) is 3.51. The molecular formula is C17H13N3O5S. The minimum atomic E-state index is -0.487. The number of hydrogen-bond donors (Lipinski definition) is 0. The van der Waals surface area contributed by atoms with Crippen LogP contribution in [0.25, 0.3) is 11.5 Å². The normalized spacial score (nSPS) is 10.5. The molecule has 132 valence electrons. The molecule has 0 saturated carbocycles. The second-order valence-corrected chi connectivity index (χ2v) is 6.19. The second-order valence-electron chi connectivity index (χ2n) is 5.18. The number of nitro groups is 1. The van der Waals surface area contributed by atoms with Crippen LogP contribution in [0.4, 0.5) is 5.69 Å². The Hall–Kier alpha value is -3.20. The van der Waals surface area contributed by atoms with Crippen molar-refractivity contribution >= 4 is 22.6 Å². The quantitative estimate of drug-likeness (QED) is 0.368. The third kappa shape index (κ3) is 4.25. The fraction of sp³-hybridized carbons (Fsp3) is 0.118. The van der Waals surface area contributed by atoms with E-state index < -0.39 is 4.92 Å². The SMILES string of the molecule is COc1cccc(-c2nnc(SC(=O)Cc3ccc([N+](=O)[O-])cc3)o2)c1. The Bertz CT molecular complexity index is 940.